The lowest BCUT2D eigenvalue weighted by atomic mass is 9.81. The topological polar surface area (TPSA) is 85.6 Å². The van der Waals surface area contributed by atoms with Crippen LogP contribution in [-0.4, -0.2) is 35.4 Å². The van der Waals surface area contributed by atoms with Crippen LogP contribution in [0, 0.1) is 0 Å². The van der Waals surface area contributed by atoms with Crippen LogP contribution in [0.1, 0.15) is 71.8 Å². The highest BCUT2D eigenvalue weighted by molar-refractivity contribution is 7.87. The minimum Gasteiger partial charge on any atom is -0.465 e. The number of ether oxygens (including phenoxy) is 1. The molecule has 2 heterocycles. The van der Waals surface area contributed by atoms with Gasteiger partial charge in [0, 0.05) is 28.9 Å². The number of hydrogen-bond donors (Lipinski definition) is 1. The molecule has 2 aromatic carbocycles. The van der Waals surface area contributed by atoms with Crippen LogP contribution < -0.4 is 0 Å². The predicted octanol–water partition coefficient (Wildman–Crippen LogP) is 5.27. The summed E-state index contributed by atoms with van der Waals surface area (Å²) in [5.74, 6) is -0.276. The van der Waals surface area contributed by atoms with E-state index in [1.54, 1.807) is 6.07 Å². The van der Waals surface area contributed by atoms with Gasteiger partial charge >= 0.3 is 5.97 Å². The average Bonchev–Trinajstić information content (AvgIpc) is 3.50. The van der Waals surface area contributed by atoms with Crippen LogP contribution in [0.2, 0.25) is 0 Å². The molecule has 33 heavy (non-hydrogen) atoms. The summed E-state index contributed by atoms with van der Waals surface area (Å²) in [6, 6.07) is 13.6. The van der Waals surface area contributed by atoms with E-state index in [1.165, 1.54) is 31.9 Å². The van der Waals surface area contributed by atoms with Crippen molar-refractivity contribution in [3.05, 3.63) is 59.2 Å². The molecule has 2 aliphatic carbocycles. The zero-order valence-corrected chi connectivity index (χ0v) is 19.4. The minimum atomic E-state index is -4.29. The second kappa shape index (κ2) is 7.18. The van der Waals surface area contributed by atoms with Gasteiger partial charge in [-0.1, -0.05) is 49.6 Å². The molecule has 2 fully saturated rings. The van der Waals surface area contributed by atoms with Crippen LogP contribution in [0.5, 0.6) is 0 Å². The summed E-state index contributed by atoms with van der Waals surface area (Å²) in [6.45, 7) is 0.175. The molecule has 7 heteroatoms. The predicted molar refractivity (Wildman–Crippen MR) is 126 cm³/mol. The summed E-state index contributed by atoms with van der Waals surface area (Å²) >= 11 is 0. The number of carbonyl (C=O) groups is 1. The van der Waals surface area contributed by atoms with Crippen molar-refractivity contribution in [2.75, 3.05) is 7.11 Å². The highest BCUT2D eigenvalue weighted by Crippen LogP contribution is 2.62. The Morgan fingerprint density at radius 1 is 1.12 bits per heavy atom. The Bertz CT molecular complexity index is 1400. The molecule has 3 aromatic rings. The second-order valence-corrected chi connectivity index (χ2v) is 11.6. The summed E-state index contributed by atoms with van der Waals surface area (Å²) in [5.41, 5.74) is 5.60. The molecule has 3 aliphatic rings. The average molecular weight is 466 g/mol. The van der Waals surface area contributed by atoms with Crippen molar-refractivity contribution in [2.45, 2.75) is 61.7 Å². The van der Waals surface area contributed by atoms with Gasteiger partial charge in [0.2, 0.25) is 0 Å². The smallest absolute Gasteiger partial charge is 0.337 e. The van der Waals surface area contributed by atoms with Crippen LogP contribution in [-0.2, 0) is 21.4 Å². The molecule has 0 amide bonds. The van der Waals surface area contributed by atoms with E-state index in [0.29, 0.717) is 17.9 Å². The Kier molecular flexibility index (Phi) is 4.55. The molecule has 6 nitrogen and oxygen atoms in total. The molecule has 6 rings (SSSR count). The van der Waals surface area contributed by atoms with Gasteiger partial charge in [0.25, 0.3) is 10.1 Å². The number of aromatic nitrogens is 1. The van der Waals surface area contributed by atoms with Crippen LogP contribution in [0.4, 0.5) is 0 Å². The van der Waals surface area contributed by atoms with Crippen molar-refractivity contribution in [2.24, 2.45) is 0 Å². The SMILES string of the molecule is COC(=O)c1ccc2c(C3CCCCC3)c3n(c2c1)CC1(S(=O)(=O)O)CC1c1ccccc1-3. The Morgan fingerprint density at radius 2 is 1.88 bits per heavy atom. The monoisotopic (exact) mass is 465 g/mol. The molecule has 1 aromatic heterocycles. The van der Waals surface area contributed by atoms with Gasteiger partial charge in [-0.25, -0.2) is 4.79 Å². The number of nitrogens with zero attached hydrogens (tertiary/aromatic N) is 1. The van der Waals surface area contributed by atoms with Crippen LogP contribution >= 0.6 is 0 Å². The van der Waals surface area contributed by atoms with Crippen LogP contribution in [0.15, 0.2) is 42.5 Å². The van der Waals surface area contributed by atoms with Crippen molar-refractivity contribution in [1.29, 1.82) is 0 Å². The zero-order chi connectivity index (χ0) is 23.0. The molecular formula is C26H27NO5S. The largest absolute Gasteiger partial charge is 0.465 e. The fraction of sp³-hybridized carbons (Fsp3) is 0.423. The van der Waals surface area contributed by atoms with Gasteiger partial charge in [-0.05, 0) is 48.4 Å². The van der Waals surface area contributed by atoms with Crippen LogP contribution in [0.25, 0.3) is 22.2 Å². The summed E-state index contributed by atoms with van der Waals surface area (Å²) in [7, 11) is -2.93. The first kappa shape index (κ1) is 20.9. The Morgan fingerprint density at radius 3 is 2.61 bits per heavy atom. The first-order chi connectivity index (χ1) is 15.9. The van der Waals surface area contributed by atoms with Gasteiger partial charge in [0.05, 0.1) is 18.4 Å². The molecule has 2 unspecified atom stereocenters. The van der Waals surface area contributed by atoms with Crippen molar-refractivity contribution in [3.8, 4) is 11.3 Å². The molecule has 1 aliphatic heterocycles. The number of esters is 1. The Labute approximate surface area is 193 Å². The van der Waals surface area contributed by atoms with Crippen molar-refractivity contribution in [1.82, 2.24) is 4.57 Å². The summed E-state index contributed by atoms with van der Waals surface area (Å²) in [5, 5.41) is 1.06. The molecule has 2 atom stereocenters. The molecule has 172 valence electrons. The molecule has 1 N–H and O–H groups in total. The summed E-state index contributed by atoms with van der Waals surface area (Å²) < 4.78 is 41.4. The summed E-state index contributed by atoms with van der Waals surface area (Å²) in [6.07, 6.45) is 6.19. The van der Waals surface area contributed by atoms with Gasteiger partial charge in [-0.2, -0.15) is 8.42 Å². The highest BCUT2D eigenvalue weighted by atomic mass is 32.2. The third-order valence-electron chi connectivity index (χ3n) is 8.09. The minimum absolute atomic E-state index is 0.175. The lowest BCUT2D eigenvalue weighted by molar-refractivity contribution is 0.0601. The van der Waals surface area contributed by atoms with Crippen molar-refractivity contribution >= 4 is 27.0 Å². The lowest BCUT2D eigenvalue weighted by Gasteiger charge is -2.24. The van der Waals surface area contributed by atoms with Gasteiger partial charge in [0.15, 0.2) is 0 Å². The Balaban J connectivity index is 1.70. The van der Waals surface area contributed by atoms with Crippen molar-refractivity contribution in [3.63, 3.8) is 0 Å². The fourth-order valence-corrected chi connectivity index (χ4v) is 7.54. The van der Waals surface area contributed by atoms with E-state index in [-0.39, 0.29) is 12.5 Å². The molecule has 0 spiro atoms. The maximum atomic E-state index is 12.7. The maximum Gasteiger partial charge on any atom is 0.337 e. The number of benzene rings is 2. The Hall–Kier alpha value is -2.64. The third-order valence-corrected chi connectivity index (χ3v) is 9.70. The summed E-state index contributed by atoms with van der Waals surface area (Å²) in [4.78, 5) is 12.3. The zero-order valence-electron chi connectivity index (χ0n) is 18.6. The lowest BCUT2D eigenvalue weighted by Crippen LogP contribution is -2.29. The third kappa shape index (κ3) is 2.95. The van der Waals surface area contributed by atoms with Gasteiger partial charge < -0.3 is 9.30 Å². The number of methoxy groups -OCH3 is 1. The number of hydrogen-bond acceptors (Lipinski definition) is 4. The fourth-order valence-electron chi connectivity index (χ4n) is 6.39. The maximum absolute atomic E-state index is 12.7. The molecule has 0 radical (unpaired) electrons. The first-order valence-corrected chi connectivity index (χ1v) is 13.1. The number of carbonyl (C=O) groups excluding carboxylic acids is 1. The van der Waals surface area contributed by atoms with Crippen molar-refractivity contribution < 1.29 is 22.5 Å². The van der Waals surface area contributed by atoms with E-state index in [2.05, 4.69) is 10.6 Å². The van der Waals surface area contributed by atoms with Gasteiger partial charge in [0.1, 0.15) is 4.75 Å². The van der Waals surface area contributed by atoms with E-state index in [0.717, 1.165) is 40.6 Å². The molecule has 2 saturated carbocycles. The molecule has 0 saturated heterocycles. The highest BCUT2D eigenvalue weighted by Gasteiger charge is 2.66. The van der Waals surface area contributed by atoms with Gasteiger partial charge in [-0.15, -0.1) is 0 Å². The first-order valence-electron chi connectivity index (χ1n) is 11.7. The van der Waals surface area contributed by atoms with E-state index in [1.807, 2.05) is 30.3 Å². The van der Waals surface area contributed by atoms with Gasteiger partial charge in [-0.3, -0.25) is 4.55 Å². The molecule has 0 bridgehead atoms. The van der Waals surface area contributed by atoms with E-state index in [4.69, 9.17) is 4.74 Å². The molecular weight excluding hydrogens is 438 g/mol. The standard InChI is InChI=1S/C26H27NO5S/c1-32-25(28)17-11-12-20-22(13-17)27-15-26(33(29,30)31)14-21(26)18-9-5-6-10-19(18)24(27)23(20)16-7-3-2-4-8-16/h5-6,9-13,16,21H,2-4,7-8,14-15H2,1H3,(H,29,30,31). The van der Waals surface area contributed by atoms with Crippen LogP contribution in [0.3, 0.4) is 0 Å². The number of fused-ring (bicyclic) bond motifs is 7. The number of rotatable bonds is 3. The van der Waals surface area contributed by atoms with E-state index >= 15 is 0 Å². The second-order valence-electron chi connectivity index (χ2n) is 9.79. The van der Waals surface area contributed by atoms with E-state index < -0.39 is 20.8 Å². The van der Waals surface area contributed by atoms with E-state index in [9.17, 15) is 17.8 Å². The normalized spacial score (nSPS) is 24.5. The quantitative estimate of drug-likeness (QED) is 0.421.